The van der Waals surface area contributed by atoms with E-state index in [1.165, 1.54) is 5.57 Å². The maximum atomic E-state index is 12.8. The standard InChI is InChI=1S/C42H66BN3O3S/c1-16-18-38(8,9)42(39(10,11)21-28(2)3)26-36(4,5)25-41(14,15)46(27-37(6,7)24-40(42,12)13)34-31(20-29(22-43-34)50(48)49)32-23-45-35(47)33-30(32)17-19-44-33/h17,19-20,22-23,44,50H,2,16,18,21,24-27H2,1,3-15H3,(H,45,47). The van der Waals surface area contributed by atoms with Gasteiger partial charge in [0.2, 0.25) is 0 Å². The molecule has 1 atom stereocenters. The molecule has 6 nitrogen and oxygen atoms in total. The minimum atomic E-state index is -2.81. The van der Waals surface area contributed by atoms with Crippen molar-refractivity contribution in [3.63, 3.8) is 0 Å². The molecule has 0 aliphatic carbocycles. The number of fused-ring (bicyclic) bond motifs is 1. The van der Waals surface area contributed by atoms with Crippen LogP contribution in [-0.2, 0) is 10.7 Å². The van der Waals surface area contributed by atoms with E-state index >= 15 is 0 Å². The third-order valence-electron chi connectivity index (χ3n) is 12.4. The molecule has 276 valence electrons. The van der Waals surface area contributed by atoms with Crippen molar-refractivity contribution in [2.24, 2.45) is 32.5 Å². The Morgan fingerprint density at radius 3 is 2.16 bits per heavy atom. The first kappa shape index (κ1) is 40.2. The summed E-state index contributed by atoms with van der Waals surface area (Å²) in [4.78, 5) is 21.6. The second-order valence-corrected chi connectivity index (χ2v) is 21.0. The number of nitrogens with zero attached hydrogens (tertiary/aromatic N) is 1. The Kier molecular flexibility index (Phi) is 10.8. The van der Waals surface area contributed by atoms with Crippen LogP contribution in [0.2, 0.25) is 0 Å². The second-order valence-electron chi connectivity index (χ2n) is 20.0. The van der Waals surface area contributed by atoms with Crippen LogP contribution in [0, 0.1) is 32.5 Å². The van der Waals surface area contributed by atoms with Gasteiger partial charge in [0.25, 0.3) is 0 Å². The van der Waals surface area contributed by atoms with Crippen LogP contribution in [0.15, 0.2) is 52.3 Å². The van der Waals surface area contributed by atoms with E-state index in [0.717, 1.165) is 67.2 Å². The topological polar surface area (TPSA) is 86.0 Å². The minimum absolute atomic E-state index is 0.0123. The predicted molar refractivity (Wildman–Crippen MR) is 215 cm³/mol. The van der Waals surface area contributed by atoms with Crippen LogP contribution in [0.5, 0.6) is 0 Å². The molecule has 0 aromatic carbocycles. The van der Waals surface area contributed by atoms with Crippen molar-refractivity contribution >= 4 is 34.1 Å². The first-order chi connectivity index (χ1) is 22.7. The molecule has 1 fully saturated rings. The van der Waals surface area contributed by atoms with E-state index < -0.39 is 10.7 Å². The number of aromatic amines is 2. The Hall–Kier alpha value is -2.61. The van der Waals surface area contributed by atoms with Gasteiger partial charge in [-0.05, 0) is 0 Å². The summed E-state index contributed by atoms with van der Waals surface area (Å²) in [5.41, 5.74) is 3.61. The zero-order chi connectivity index (χ0) is 37.9. The molecule has 4 heterocycles. The molecule has 50 heavy (non-hydrogen) atoms. The van der Waals surface area contributed by atoms with Crippen LogP contribution in [0.3, 0.4) is 0 Å². The zero-order valence-corrected chi connectivity index (χ0v) is 34.6. The molecular formula is C42H66BN3O3S. The number of H-pyrrole nitrogens is 2. The average Bonchev–Trinajstić information content (AvgIpc) is 3.43. The number of anilines is 1. The van der Waals surface area contributed by atoms with E-state index in [1.54, 1.807) is 24.4 Å². The normalized spacial score (nSPS) is 22.4. The Bertz CT molecular complexity index is 1870. The van der Waals surface area contributed by atoms with Gasteiger partial charge in [0, 0.05) is 0 Å². The van der Waals surface area contributed by atoms with Crippen LogP contribution in [0.4, 0.5) is 5.58 Å². The van der Waals surface area contributed by atoms with Crippen LogP contribution in [0.25, 0.3) is 22.0 Å². The second kappa shape index (κ2) is 13.4. The third kappa shape index (κ3) is 7.34. The Morgan fingerprint density at radius 1 is 0.940 bits per heavy atom. The predicted octanol–water partition coefficient (Wildman–Crippen LogP) is 10.5. The van der Waals surface area contributed by atoms with Crippen LogP contribution in [0.1, 0.15) is 135 Å². The van der Waals surface area contributed by atoms with Gasteiger partial charge in [-0.2, -0.15) is 0 Å². The summed E-state index contributed by atoms with van der Waals surface area (Å²) in [5, 5.41) is 0.774. The third-order valence-corrected chi connectivity index (χ3v) is 13.1. The number of pyridine rings is 1. The molecule has 8 heteroatoms. The molecule has 0 spiro atoms. The Labute approximate surface area is 305 Å². The van der Waals surface area contributed by atoms with Crippen LogP contribution in [-0.4, -0.2) is 37.4 Å². The van der Waals surface area contributed by atoms with E-state index in [2.05, 4.69) is 118 Å². The number of hydrogen-bond acceptors (Lipinski definition) is 4. The van der Waals surface area contributed by atoms with Gasteiger partial charge < -0.3 is 0 Å². The maximum absolute atomic E-state index is 12.8. The number of aromatic nitrogens is 2. The number of hydrogen-bond donors (Lipinski definition) is 3. The Morgan fingerprint density at radius 2 is 1.58 bits per heavy atom. The van der Waals surface area contributed by atoms with Gasteiger partial charge >= 0.3 is 306 Å². The zero-order valence-electron chi connectivity index (χ0n) is 33.7. The summed E-state index contributed by atoms with van der Waals surface area (Å²) < 4.78 is 24.8. The summed E-state index contributed by atoms with van der Waals surface area (Å²) >= 11 is 0. The summed E-state index contributed by atoms with van der Waals surface area (Å²) in [6.07, 6.45) is 9.80. The molecule has 0 saturated carbocycles. The summed E-state index contributed by atoms with van der Waals surface area (Å²) in [6, 6.07) is 3.69. The van der Waals surface area contributed by atoms with E-state index in [1.807, 2.05) is 13.0 Å². The molecule has 0 radical (unpaired) electrons. The summed E-state index contributed by atoms with van der Waals surface area (Å²) in [5.74, 6) is 1.74. The van der Waals surface area contributed by atoms with E-state index in [9.17, 15) is 13.2 Å². The SMILES string of the molecule is C=C(C)CC(C)(C)C1(C(C)(C)CCC)CC(C)(C)CC(C)(C)N(c2bcc([SH](=O)=O)cc2-c2c[nH]c(=O)c3[nH]ccc23)CC(C)(C)CC1(C)C. The fraction of sp³-hybridized carbons (Fsp3) is 0.667. The van der Waals surface area contributed by atoms with E-state index in [4.69, 9.17) is 0 Å². The van der Waals surface area contributed by atoms with Gasteiger partial charge in [-0.3, -0.25) is 0 Å². The quantitative estimate of drug-likeness (QED) is 0.153. The molecule has 3 aromatic rings. The van der Waals surface area contributed by atoms with Crippen molar-refractivity contribution in [2.45, 2.75) is 146 Å². The fourth-order valence-corrected chi connectivity index (χ4v) is 12.5. The molecule has 1 aliphatic heterocycles. The molecule has 1 saturated heterocycles. The molecule has 3 aromatic heterocycles. The molecule has 4 rings (SSSR count). The summed E-state index contributed by atoms with van der Waals surface area (Å²) in [6.45, 7) is 41.5. The van der Waals surface area contributed by atoms with Crippen molar-refractivity contribution in [2.75, 3.05) is 11.4 Å². The molecule has 0 bridgehead atoms. The van der Waals surface area contributed by atoms with Gasteiger partial charge in [-0.15, -0.1) is 0 Å². The fourth-order valence-electron chi connectivity index (χ4n) is 12.1. The van der Waals surface area contributed by atoms with Gasteiger partial charge in [-0.1, -0.05) is 0 Å². The monoisotopic (exact) mass is 703 g/mol. The van der Waals surface area contributed by atoms with Crippen molar-refractivity contribution in [3.05, 3.63) is 53.0 Å². The molecule has 1 aliphatic rings. The number of thiol groups is 1. The first-order valence-corrected chi connectivity index (χ1v) is 19.8. The van der Waals surface area contributed by atoms with Gasteiger partial charge in [0.1, 0.15) is 0 Å². The van der Waals surface area contributed by atoms with Crippen LogP contribution >= 0.6 is 0 Å². The Balaban J connectivity index is 2.03. The van der Waals surface area contributed by atoms with Crippen molar-refractivity contribution in [3.8, 4) is 11.1 Å². The molecule has 2 N–H and O–H groups in total. The number of nitrogens with one attached hydrogen (secondary N) is 2. The summed E-state index contributed by atoms with van der Waals surface area (Å²) in [7, 11) is -2.81. The van der Waals surface area contributed by atoms with E-state index in [0.29, 0.717) is 5.52 Å². The van der Waals surface area contributed by atoms with Gasteiger partial charge in [-0.25, -0.2) is 0 Å². The molecule has 0 amide bonds. The van der Waals surface area contributed by atoms with Gasteiger partial charge in [0.15, 0.2) is 0 Å². The van der Waals surface area contributed by atoms with Gasteiger partial charge in [0.05, 0.1) is 0 Å². The van der Waals surface area contributed by atoms with Crippen molar-refractivity contribution in [1.82, 2.24) is 9.97 Å². The van der Waals surface area contributed by atoms with E-state index in [-0.39, 0.29) is 48.5 Å². The van der Waals surface area contributed by atoms with Crippen molar-refractivity contribution < 1.29 is 8.42 Å². The average molecular weight is 704 g/mol. The first-order valence-electron chi connectivity index (χ1n) is 18.6. The van der Waals surface area contributed by atoms with Crippen LogP contribution < -0.4 is 10.5 Å². The number of rotatable bonds is 9. The molecular weight excluding hydrogens is 637 g/mol. The van der Waals surface area contributed by atoms with Crippen molar-refractivity contribution in [1.29, 1.82) is 0 Å². The number of allylic oxidation sites excluding steroid dienone is 1. The molecule has 1 unspecified atom stereocenters.